The summed E-state index contributed by atoms with van der Waals surface area (Å²) in [5.74, 6) is -0.203. The van der Waals surface area contributed by atoms with Crippen molar-refractivity contribution in [1.82, 2.24) is 10.2 Å². The van der Waals surface area contributed by atoms with Crippen LogP contribution in [-0.4, -0.2) is 61.9 Å². The molecule has 0 radical (unpaired) electrons. The topological polar surface area (TPSA) is 50.8 Å². The van der Waals surface area contributed by atoms with Crippen LogP contribution in [0.25, 0.3) is 0 Å². The van der Waals surface area contributed by atoms with E-state index in [9.17, 15) is 4.79 Å². The van der Waals surface area contributed by atoms with Crippen LogP contribution in [0.4, 0.5) is 0 Å². The predicted octanol–water partition coefficient (Wildman–Crippen LogP) is 0.637. The Kier molecular flexibility index (Phi) is 5.56. The quantitative estimate of drug-likeness (QED) is 0.733. The van der Waals surface area contributed by atoms with E-state index >= 15 is 0 Å². The Morgan fingerprint density at radius 3 is 2.67 bits per heavy atom. The van der Waals surface area contributed by atoms with Gasteiger partial charge in [0, 0.05) is 24.7 Å². The molecule has 106 valence electrons. The molecule has 18 heavy (non-hydrogen) atoms. The van der Waals surface area contributed by atoms with Crippen LogP contribution in [0.3, 0.4) is 0 Å². The molecule has 0 aromatic heterocycles. The maximum Gasteiger partial charge on any atom is 0.324 e. The number of nitrogens with zero attached hydrogens (tertiary/aromatic N) is 1. The molecule has 1 fully saturated rings. The molecule has 5 heteroatoms. The van der Waals surface area contributed by atoms with Gasteiger partial charge in [-0.3, -0.25) is 9.69 Å². The second-order valence-corrected chi connectivity index (χ2v) is 5.71. The molecule has 0 aromatic rings. The van der Waals surface area contributed by atoms with E-state index in [1.807, 2.05) is 13.8 Å². The van der Waals surface area contributed by atoms with Crippen LogP contribution in [0, 0.1) is 0 Å². The maximum atomic E-state index is 11.8. The second-order valence-electron chi connectivity index (χ2n) is 5.71. The lowest BCUT2D eigenvalue weighted by Gasteiger charge is -2.43. The highest BCUT2D eigenvalue weighted by Gasteiger charge is 2.34. The third-order valence-corrected chi connectivity index (χ3v) is 3.24. The van der Waals surface area contributed by atoms with E-state index in [1.54, 1.807) is 0 Å². The molecule has 5 nitrogen and oxygen atoms in total. The summed E-state index contributed by atoms with van der Waals surface area (Å²) in [7, 11) is 1.43. The third-order valence-electron chi connectivity index (χ3n) is 3.24. The average Bonchev–Trinajstić information content (AvgIpc) is 2.29. The molecule has 1 unspecified atom stereocenters. The molecule has 1 aliphatic rings. The van der Waals surface area contributed by atoms with Crippen LogP contribution >= 0.6 is 0 Å². The minimum Gasteiger partial charge on any atom is -0.468 e. The molecule has 0 saturated carbocycles. The number of carbonyl (C=O) groups is 1. The number of morpholine rings is 1. The van der Waals surface area contributed by atoms with E-state index in [1.165, 1.54) is 7.11 Å². The second kappa shape index (κ2) is 6.50. The van der Waals surface area contributed by atoms with Crippen molar-refractivity contribution in [2.75, 3.05) is 33.4 Å². The normalized spacial score (nSPS) is 21.9. The van der Waals surface area contributed by atoms with Crippen LogP contribution in [-0.2, 0) is 14.3 Å². The lowest BCUT2D eigenvalue weighted by atomic mass is 10.0. The van der Waals surface area contributed by atoms with Gasteiger partial charge in [0.25, 0.3) is 0 Å². The van der Waals surface area contributed by atoms with Crippen molar-refractivity contribution in [3.8, 4) is 0 Å². The van der Waals surface area contributed by atoms with Crippen LogP contribution in [0.5, 0.6) is 0 Å². The minimum absolute atomic E-state index is 0.0385. The molecule has 0 bridgehead atoms. The van der Waals surface area contributed by atoms with Crippen LogP contribution in [0.15, 0.2) is 0 Å². The lowest BCUT2D eigenvalue weighted by molar-refractivity contribution is -0.145. The smallest absolute Gasteiger partial charge is 0.324 e. The zero-order valence-corrected chi connectivity index (χ0v) is 12.2. The first-order valence-corrected chi connectivity index (χ1v) is 6.53. The SMILES string of the molecule is COC(=O)C(CN1CCOCC1(C)C)NC(C)C. The van der Waals surface area contributed by atoms with E-state index in [0.29, 0.717) is 13.2 Å². The molecule has 0 aromatic carbocycles. The van der Waals surface area contributed by atoms with Crippen molar-refractivity contribution < 1.29 is 14.3 Å². The first-order chi connectivity index (χ1) is 8.36. The van der Waals surface area contributed by atoms with Crippen molar-refractivity contribution in [3.63, 3.8) is 0 Å². The monoisotopic (exact) mass is 258 g/mol. The Balaban J connectivity index is 2.66. The number of esters is 1. The first-order valence-electron chi connectivity index (χ1n) is 6.53. The highest BCUT2D eigenvalue weighted by atomic mass is 16.5. The molecule has 1 saturated heterocycles. The van der Waals surface area contributed by atoms with Crippen LogP contribution < -0.4 is 5.32 Å². The fourth-order valence-corrected chi connectivity index (χ4v) is 2.19. The first kappa shape index (κ1) is 15.4. The number of methoxy groups -OCH3 is 1. The summed E-state index contributed by atoms with van der Waals surface area (Å²) in [6.07, 6.45) is 0. The average molecular weight is 258 g/mol. The molecular weight excluding hydrogens is 232 g/mol. The summed E-state index contributed by atoms with van der Waals surface area (Å²) < 4.78 is 10.3. The molecular formula is C13H26N2O3. The largest absolute Gasteiger partial charge is 0.468 e. The number of nitrogens with one attached hydrogen (secondary N) is 1. The molecule has 1 aliphatic heterocycles. The van der Waals surface area contributed by atoms with Gasteiger partial charge in [-0.1, -0.05) is 13.8 Å². The fourth-order valence-electron chi connectivity index (χ4n) is 2.19. The summed E-state index contributed by atoms with van der Waals surface area (Å²) in [5.41, 5.74) is -0.0385. The van der Waals surface area contributed by atoms with E-state index in [4.69, 9.17) is 9.47 Å². The Morgan fingerprint density at radius 2 is 2.17 bits per heavy atom. The zero-order valence-electron chi connectivity index (χ0n) is 12.2. The van der Waals surface area contributed by atoms with Gasteiger partial charge in [-0.15, -0.1) is 0 Å². The van der Waals surface area contributed by atoms with E-state index < -0.39 is 0 Å². The van der Waals surface area contributed by atoms with Crippen molar-refractivity contribution in [3.05, 3.63) is 0 Å². The Bertz CT molecular complexity index is 279. The molecule has 1 heterocycles. The van der Waals surface area contributed by atoms with Gasteiger partial charge in [-0.25, -0.2) is 0 Å². The van der Waals surface area contributed by atoms with Gasteiger partial charge in [0.1, 0.15) is 6.04 Å². The lowest BCUT2D eigenvalue weighted by Crippen LogP contribution is -2.59. The van der Waals surface area contributed by atoms with Crippen molar-refractivity contribution in [1.29, 1.82) is 0 Å². The van der Waals surface area contributed by atoms with Crippen molar-refractivity contribution in [2.24, 2.45) is 0 Å². The van der Waals surface area contributed by atoms with Gasteiger partial charge in [0.05, 0.1) is 20.3 Å². The van der Waals surface area contributed by atoms with Gasteiger partial charge < -0.3 is 14.8 Å². The highest BCUT2D eigenvalue weighted by Crippen LogP contribution is 2.19. The summed E-state index contributed by atoms with van der Waals surface area (Å²) in [5, 5.41) is 3.26. The molecule has 0 amide bonds. The Morgan fingerprint density at radius 1 is 1.50 bits per heavy atom. The van der Waals surface area contributed by atoms with E-state index in [2.05, 4.69) is 24.1 Å². The molecule has 1 rings (SSSR count). The number of carbonyl (C=O) groups excluding carboxylic acids is 1. The molecule has 1 atom stereocenters. The van der Waals surface area contributed by atoms with Crippen LogP contribution in [0.1, 0.15) is 27.7 Å². The molecule has 1 N–H and O–H groups in total. The summed E-state index contributed by atoms with van der Waals surface area (Å²) in [6, 6.07) is -0.0365. The number of hydrogen-bond donors (Lipinski definition) is 1. The predicted molar refractivity (Wildman–Crippen MR) is 70.5 cm³/mol. The van der Waals surface area contributed by atoms with Gasteiger partial charge in [-0.2, -0.15) is 0 Å². The summed E-state index contributed by atoms with van der Waals surface area (Å²) >= 11 is 0. The van der Waals surface area contributed by atoms with Crippen molar-refractivity contribution in [2.45, 2.75) is 45.3 Å². The van der Waals surface area contributed by atoms with E-state index in [0.717, 1.165) is 13.2 Å². The standard InChI is InChI=1S/C13H26N2O3/c1-10(2)14-11(12(16)17-5)8-15-6-7-18-9-13(15,3)4/h10-11,14H,6-9H2,1-5H3. The maximum absolute atomic E-state index is 11.8. The zero-order chi connectivity index (χ0) is 13.8. The molecule has 0 spiro atoms. The van der Waals surface area contributed by atoms with Crippen molar-refractivity contribution >= 4 is 5.97 Å². The van der Waals surface area contributed by atoms with E-state index in [-0.39, 0.29) is 23.6 Å². The Hall–Kier alpha value is -0.650. The third kappa shape index (κ3) is 4.23. The van der Waals surface area contributed by atoms with Gasteiger partial charge in [-0.05, 0) is 13.8 Å². The number of ether oxygens (including phenoxy) is 2. The number of hydrogen-bond acceptors (Lipinski definition) is 5. The fraction of sp³-hybridized carbons (Fsp3) is 0.923. The highest BCUT2D eigenvalue weighted by molar-refractivity contribution is 5.76. The summed E-state index contributed by atoms with van der Waals surface area (Å²) in [4.78, 5) is 14.1. The van der Waals surface area contributed by atoms with Gasteiger partial charge in [0.15, 0.2) is 0 Å². The Labute approximate surface area is 110 Å². The van der Waals surface area contributed by atoms with Gasteiger partial charge >= 0.3 is 5.97 Å². The van der Waals surface area contributed by atoms with Gasteiger partial charge in [0.2, 0.25) is 0 Å². The van der Waals surface area contributed by atoms with Crippen LogP contribution in [0.2, 0.25) is 0 Å². The molecule has 0 aliphatic carbocycles. The summed E-state index contributed by atoms with van der Waals surface area (Å²) in [6.45, 7) is 11.2. The number of rotatable bonds is 5. The minimum atomic E-state index is -0.285.